The summed E-state index contributed by atoms with van der Waals surface area (Å²) in [5.74, 6) is -0.746. The molecule has 0 saturated carbocycles. The fourth-order valence-electron chi connectivity index (χ4n) is 1.99. The molecule has 5 nitrogen and oxygen atoms in total. The maximum absolute atomic E-state index is 13.3. The van der Waals surface area contributed by atoms with E-state index in [1.165, 1.54) is 0 Å². The first-order chi connectivity index (χ1) is 11.5. The summed E-state index contributed by atoms with van der Waals surface area (Å²) in [6.07, 6.45) is 0.0614. The first-order valence-electron chi connectivity index (χ1n) is 7.18. The van der Waals surface area contributed by atoms with E-state index in [0.29, 0.717) is 19.0 Å². The number of nitrogens with one attached hydrogen (secondary N) is 1. The molecule has 7 heteroatoms. The van der Waals surface area contributed by atoms with Gasteiger partial charge in [0.2, 0.25) is 5.91 Å². The third-order valence-corrected chi connectivity index (χ3v) is 3.43. The van der Waals surface area contributed by atoms with Crippen molar-refractivity contribution in [2.24, 2.45) is 0 Å². The van der Waals surface area contributed by atoms with Gasteiger partial charge in [0, 0.05) is 13.2 Å². The van der Waals surface area contributed by atoms with Crippen LogP contribution >= 0.6 is 11.6 Å². The quantitative estimate of drug-likeness (QED) is 0.591. The van der Waals surface area contributed by atoms with E-state index >= 15 is 0 Å². The first-order valence-corrected chi connectivity index (χ1v) is 7.56. The normalized spacial score (nSPS) is 10.5. The number of phenols is 1. The van der Waals surface area contributed by atoms with Crippen LogP contribution in [-0.2, 0) is 16.0 Å². The zero-order valence-electron chi connectivity index (χ0n) is 13.0. The van der Waals surface area contributed by atoms with E-state index < -0.39 is 11.7 Å². The van der Waals surface area contributed by atoms with Crippen molar-refractivity contribution >= 4 is 23.2 Å². The summed E-state index contributed by atoms with van der Waals surface area (Å²) in [5.41, 5.74) is 0.679. The molecule has 2 rings (SSSR count). The van der Waals surface area contributed by atoms with Crippen LogP contribution in [0.15, 0.2) is 36.4 Å². The summed E-state index contributed by atoms with van der Waals surface area (Å²) in [4.78, 5) is 12.0. The van der Waals surface area contributed by atoms with Crippen molar-refractivity contribution in [1.29, 1.82) is 0 Å². The molecule has 2 N–H and O–H groups in total. The van der Waals surface area contributed by atoms with Gasteiger partial charge in [0.15, 0.2) is 5.75 Å². The molecular weight excluding hydrogens is 337 g/mol. The molecule has 0 heterocycles. The monoisotopic (exact) mass is 353 g/mol. The predicted molar refractivity (Wildman–Crippen MR) is 89.2 cm³/mol. The Bertz CT molecular complexity index is 706. The van der Waals surface area contributed by atoms with Crippen molar-refractivity contribution in [1.82, 2.24) is 0 Å². The number of aromatic hydroxyl groups is 1. The Morgan fingerprint density at radius 3 is 2.62 bits per heavy atom. The molecular formula is C17H17ClFNO4. The van der Waals surface area contributed by atoms with Gasteiger partial charge in [-0.25, -0.2) is 4.39 Å². The molecule has 0 bridgehead atoms. The molecule has 2 aromatic carbocycles. The van der Waals surface area contributed by atoms with Crippen LogP contribution in [0.4, 0.5) is 10.1 Å². The molecule has 0 aliphatic carbocycles. The molecule has 0 spiro atoms. The zero-order valence-corrected chi connectivity index (χ0v) is 13.8. The minimum absolute atomic E-state index is 0.0614. The highest BCUT2D eigenvalue weighted by Crippen LogP contribution is 2.32. The molecule has 24 heavy (non-hydrogen) atoms. The number of benzene rings is 2. The summed E-state index contributed by atoms with van der Waals surface area (Å²) >= 11 is 5.67. The second-order valence-electron chi connectivity index (χ2n) is 4.99. The first kappa shape index (κ1) is 18.0. The number of phenolic OH excluding ortho intramolecular Hbond substituents is 1. The molecule has 0 aromatic heterocycles. The number of halogens is 2. The molecule has 2 aromatic rings. The second-order valence-corrected chi connectivity index (χ2v) is 5.40. The van der Waals surface area contributed by atoms with Crippen molar-refractivity contribution in [2.45, 2.75) is 6.42 Å². The maximum Gasteiger partial charge on any atom is 0.228 e. The van der Waals surface area contributed by atoms with Gasteiger partial charge in [-0.1, -0.05) is 23.7 Å². The highest BCUT2D eigenvalue weighted by Gasteiger charge is 2.12. The van der Waals surface area contributed by atoms with Gasteiger partial charge in [0.1, 0.15) is 18.2 Å². The van der Waals surface area contributed by atoms with Gasteiger partial charge in [0.25, 0.3) is 0 Å². The van der Waals surface area contributed by atoms with Crippen LogP contribution in [0.1, 0.15) is 5.56 Å². The second kappa shape index (κ2) is 8.52. The maximum atomic E-state index is 13.3. The minimum atomic E-state index is -0.648. The minimum Gasteiger partial charge on any atom is -0.504 e. The highest BCUT2D eigenvalue weighted by atomic mass is 35.5. The summed E-state index contributed by atoms with van der Waals surface area (Å²) in [5, 5.41) is 12.0. The lowest BCUT2D eigenvalue weighted by Crippen LogP contribution is -2.14. The van der Waals surface area contributed by atoms with Crippen LogP contribution in [0.5, 0.6) is 11.5 Å². The molecule has 128 valence electrons. The Balaban J connectivity index is 1.95. The summed E-state index contributed by atoms with van der Waals surface area (Å²) in [6, 6.07) is 8.96. The van der Waals surface area contributed by atoms with Crippen molar-refractivity contribution in [3.05, 3.63) is 52.8 Å². The van der Waals surface area contributed by atoms with Gasteiger partial charge >= 0.3 is 0 Å². The number of hydrogen-bond acceptors (Lipinski definition) is 4. The van der Waals surface area contributed by atoms with E-state index in [0.717, 1.165) is 17.7 Å². The summed E-state index contributed by atoms with van der Waals surface area (Å²) < 4.78 is 23.6. The standard InChI is InChI=1S/C17H17ClFNO4/c1-23-6-7-24-13-4-2-11(3-5-13)8-16(21)20-15-10-12(19)9-14(18)17(15)22/h2-5,9-10,22H,6-8H2,1H3,(H,20,21). The third kappa shape index (κ3) is 5.11. The highest BCUT2D eigenvalue weighted by molar-refractivity contribution is 6.32. The van der Waals surface area contributed by atoms with Gasteiger partial charge in [0.05, 0.1) is 23.7 Å². The van der Waals surface area contributed by atoms with Gasteiger partial charge < -0.3 is 19.9 Å². The predicted octanol–water partition coefficient (Wildman–Crippen LogP) is 3.39. The van der Waals surface area contributed by atoms with Crippen LogP contribution in [-0.4, -0.2) is 31.3 Å². The van der Waals surface area contributed by atoms with Crippen LogP contribution in [0.3, 0.4) is 0 Å². The van der Waals surface area contributed by atoms with Crippen molar-refractivity contribution in [3.8, 4) is 11.5 Å². The van der Waals surface area contributed by atoms with Crippen molar-refractivity contribution in [3.63, 3.8) is 0 Å². The molecule has 0 unspecified atom stereocenters. The molecule has 1 amide bonds. The van der Waals surface area contributed by atoms with E-state index in [-0.39, 0.29) is 22.9 Å². The molecule has 0 aliphatic rings. The average Bonchev–Trinajstić information content (AvgIpc) is 2.54. The van der Waals surface area contributed by atoms with Gasteiger partial charge in [-0.3, -0.25) is 4.79 Å². The molecule has 0 radical (unpaired) electrons. The van der Waals surface area contributed by atoms with Crippen LogP contribution in [0, 0.1) is 5.82 Å². The molecule has 0 atom stereocenters. The smallest absolute Gasteiger partial charge is 0.228 e. The number of methoxy groups -OCH3 is 1. The van der Waals surface area contributed by atoms with Crippen LogP contribution in [0.25, 0.3) is 0 Å². The number of carbonyl (C=O) groups excluding carboxylic acids is 1. The molecule has 0 aliphatic heterocycles. The Kier molecular flexibility index (Phi) is 6.40. The number of amides is 1. The van der Waals surface area contributed by atoms with Gasteiger partial charge in [-0.2, -0.15) is 0 Å². The zero-order chi connectivity index (χ0) is 17.5. The lowest BCUT2D eigenvalue weighted by Gasteiger charge is -2.09. The average molecular weight is 354 g/mol. The van der Waals surface area contributed by atoms with Crippen molar-refractivity contribution in [2.75, 3.05) is 25.6 Å². The molecule has 0 saturated heterocycles. The van der Waals surface area contributed by atoms with Crippen LogP contribution < -0.4 is 10.1 Å². The lowest BCUT2D eigenvalue weighted by molar-refractivity contribution is -0.115. The fraction of sp³-hybridized carbons (Fsp3) is 0.235. The summed E-state index contributed by atoms with van der Waals surface area (Å²) in [6.45, 7) is 0.930. The third-order valence-electron chi connectivity index (χ3n) is 3.15. The van der Waals surface area contributed by atoms with Gasteiger partial charge in [-0.15, -0.1) is 0 Å². The van der Waals surface area contributed by atoms with E-state index in [9.17, 15) is 14.3 Å². The Labute approximate surface area is 144 Å². The summed E-state index contributed by atoms with van der Waals surface area (Å²) in [7, 11) is 1.59. The SMILES string of the molecule is COCCOc1ccc(CC(=O)Nc2cc(F)cc(Cl)c2O)cc1. The van der Waals surface area contributed by atoms with E-state index in [2.05, 4.69) is 5.32 Å². The number of hydrogen-bond donors (Lipinski definition) is 2. The molecule has 0 fully saturated rings. The van der Waals surface area contributed by atoms with E-state index in [1.807, 2.05) is 0 Å². The Morgan fingerprint density at radius 1 is 1.25 bits per heavy atom. The lowest BCUT2D eigenvalue weighted by atomic mass is 10.1. The Hall–Kier alpha value is -2.31. The number of rotatable bonds is 7. The number of anilines is 1. The number of carbonyl (C=O) groups is 1. The van der Waals surface area contributed by atoms with Gasteiger partial charge in [-0.05, 0) is 23.8 Å². The van der Waals surface area contributed by atoms with Crippen LogP contribution in [0.2, 0.25) is 5.02 Å². The fourth-order valence-corrected chi connectivity index (χ4v) is 2.19. The Morgan fingerprint density at radius 2 is 1.96 bits per heavy atom. The van der Waals surface area contributed by atoms with E-state index in [4.69, 9.17) is 21.1 Å². The number of ether oxygens (including phenoxy) is 2. The largest absolute Gasteiger partial charge is 0.504 e. The topological polar surface area (TPSA) is 67.8 Å². The van der Waals surface area contributed by atoms with E-state index in [1.54, 1.807) is 31.4 Å². The van der Waals surface area contributed by atoms with Crippen molar-refractivity contribution < 1.29 is 23.8 Å².